The highest BCUT2D eigenvalue weighted by atomic mass is 32.1. The van der Waals surface area contributed by atoms with Gasteiger partial charge in [-0.1, -0.05) is 6.07 Å². The Morgan fingerprint density at radius 1 is 1.07 bits per heavy atom. The lowest BCUT2D eigenvalue weighted by Crippen LogP contribution is -2.46. The normalized spacial score (nSPS) is 16.8. The number of rotatable bonds is 7. The van der Waals surface area contributed by atoms with Gasteiger partial charge in [0.2, 0.25) is 0 Å². The van der Waals surface area contributed by atoms with Crippen LogP contribution in [0.3, 0.4) is 0 Å². The molecular formula is C21H26F3N3S2. The van der Waals surface area contributed by atoms with E-state index in [1.165, 1.54) is 12.1 Å². The molecule has 0 radical (unpaired) electrons. The van der Waals surface area contributed by atoms with E-state index in [1.54, 1.807) is 12.3 Å². The number of alkyl halides is 3. The maximum atomic E-state index is 12.9. The number of hydrogen-bond donors (Lipinski definition) is 2. The molecule has 8 heteroatoms. The van der Waals surface area contributed by atoms with Crippen molar-refractivity contribution >= 4 is 30.9 Å². The van der Waals surface area contributed by atoms with Crippen LogP contribution in [-0.4, -0.2) is 47.9 Å². The standard InChI is InChI=1S/C21H26F3N3S2/c22-21(23,24)16-4-1-5-17(14-16)27-12-10-26(11-13-27)9-3-6-18(28)15-19-20(29)7-2-8-25-19/h1-2,4-5,7-8,14,18,28-29H,3,6,9-13,15H2. The number of halogens is 3. The van der Waals surface area contributed by atoms with Gasteiger partial charge in [0.15, 0.2) is 0 Å². The highest BCUT2D eigenvalue weighted by molar-refractivity contribution is 7.81. The van der Waals surface area contributed by atoms with E-state index in [4.69, 9.17) is 0 Å². The zero-order valence-electron chi connectivity index (χ0n) is 16.1. The van der Waals surface area contributed by atoms with Gasteiger partial charge in [0.05, 0.1) is 11.3 Å². The second-order valence-electron chi connectivity index (χ2n) is 7.35. The van der Waals surface area contributed by atoms with E-state index in [0.717, 1.165) is 68.6 Å². The van der Waals surface area contributed by atoms with Gasteiger partial charge < -0.3 is 4.90 Å². The molecule has 0 N–H and O–H groups in total. The second kappa shape index (κ2) is 10.1. The molecule has 0 aliphatic carbocycles. The van der Waals surface area contributed by atoms with Gasteiger partial charge in [-0.15, -0.1) is 12.6 Å². The summed E-state index contributed by atoms with van der Waals surface area (Å²) in [4.78, 5) is 9.66. The molecule has 3 rings (SSSR count). The fraction of sp³-hybridized carbons (Fsp3) is 0.476. The summed E-state index contributed by atoms with van der Waals surface area (Å²) in [6.45, 7) is 4.16. The van der Waals surface area contributed by atoms with Crippen molar-refractivity contribution in [3.63, 3.8) is 0 Å². The number of hydrogen-bond acceptors (Lipinski definition) is 5. The third-order valence-electron chi connectivity index (χ3n) is 5.22. The molecule has 1 unspecified atom stereocenters. The first-order valence-electron chi connectivity index (χ1n) is 9.78. The van der Waals surface area contributed by atoms with Crippen LogP contribution in [0.5, 0.6) is 0 Å². The minimum atomic E-state index is -4.30. The molecule has 0 amide bonds. The monoisotopic (exact) mass is 441 g/mol. The van der Waals surface area contributed by atoms with E-state index in [2.05, 4.69) is 35.1 Å². The quantitative estimate of drug-likeness (QED) is 0.600. The second-order valence-corrected chi connectivity index (χ2v) is 8.56. The Labute approximate surface area is 181 Å². The molecule has 1 saturated heterocycles. The first kappa shape index (κ1) is 22.3. The number of piperazine rings is 1. The lowest BCUT2D eigenvalue weighted by Gasteiger charge is -2.36. The van der Waals surface area contributed by atoms with Crippen LogP contribution in [0.15, 0.2) is 47.5 Å². The molecule has 1 aromatic carbocycles. The summed E-state index contributed by atoms with van der Waals surface area (Å²) in [5, 5.41) is 0.238. The first-order chi connectivity index (χ1) is 13.8. The molecule has 1 atom stereocenters. The van der Waals surface area contributed by atoms with E-state index in [1.807, 2.05) is 17.0 Å². The summed E-state index contributed by atoms with van der Waals surface area (Å²) in [5.74, 6) is 0. The van der Waals surface area contributed by atoms with Crippen LogP contribution < -0.4 is 4.90 Å². The summed E-state index contributed by atoms with van der Waals surface area (Å²) in [7, 11) is 0. The molecule has 158 valence electrons. The zero-order chi connectivity index (χ0) is 20.9. The Kier molecular flexibility index (Phi) is 7.76. The fourth-order valence-electron chi connectivity index (χ4n) is 3.57. The molecular weight excluding hydrogens is 415 g/mol. The lowest BCUT2D eigenvalue weighted by atomic mass is 10.1. The summed E-state index contributed by atoms with van der Waals surface area (Å²) in [6, 6.07) is 9.41. The molecule has 0 spiro atoms. The highest BCUT2D eigenvalue weighted by Crippen LogP contribution is 2.31. The Hall–Kier alpha value is -1.38. The molecule has 0 bridgehead atoms. The van der Waals surface area contributed by atoms with Crippen LogP contribution in [0, 0.1) is 0 Å². The van der Waals surface area contributed by atoms with E-state index >= 15 is 0 Å². The molecule has 1 aliphatic rings. The average Bonchev–Trinajstić information content (AvgIpc) is 2.70. The SMILES string of the molecule is FC(F)(F)c1cccc(N2CCN(CCCC(S)Cc3ncccc3S)CC2)c1. The maximum Gasteiger partial charge on any atom is 0.416 e. The van der Waals surface area contributed by atoms with Gasteiger partial charge in [-0.3, -0.25) is 9.88 Å². The first-order valence-corrected chi connectivity index (χ1v) is 10.7. The molecule has 1 aromatic heterocycles. The number of benzene rings is 1. The molecule has 2 aromatic rings. The van der Waals surface area contributed by atoms with Crippen molar-refractivity contribution < 1.29 is 13.2 Å². The largest absolute Gasteiger partial charge is 0.416 e. The third kappa shape index (κ3) is 6.55. The van der Waals surface area contributed by atoms with Gasteiger partial charge in [-0.05, 0) is 49.7 Å². The van der Waals surface area contributed by atoms with Crippen LogP contribution in [0.25, 0.3) is 0 Å². The smallest absolute Gasteiger partial charge is 0.369 e. The van der Waals surface area contributed by atoms with Crippen molar-refractivity contribution in [2.45, 2.75) is 35.6 Å². The predicted octanol–water partition coefficient (Wildman–Crippen LogP) is 4.83. The van der Waals surface area contributed by atoms with Crippen LogP contribution in [0.2, 0.25) is 0 Å². The summed E-state index contributed by atoms with van der Waals surface area (Å²) in [5.41, 5.74) is 1.04. The van der Waals surface area contributed by atoms with Gasteiger partial charge in [-0.2, -0.15) is 25.8 Å². The molecule has 3 nitrogen and oxygen atoms in total. The summed E-state index contributed by atoms with van der Waals surface area (Å²) < 4.78 is 38.8. The Morgan fingerprint density at radius 2 is 1.83 bits per heavy atom. The maximum absolute atomic E-state index is 12.9. The van der Waals surface area contributed by atoms with Crippen molar-refractivity contribution in [3.8, 4) is 0 Å². The van der Waals surface area contributed by atoms with Gasteiger partial charge in [0.25, 0.3) is 0 Å². The van der Waals surface area contributed by atoms with Gasteiger partial charge in [0.1, 0.15) is 0 Å². The van der Waals surface area contributed by atoms with Crippen molar-refractivity contribution in [1.82, 2.24) is 9.88 Å². The summed E-state index contributed by atoms with van der Waals surface area (Å²) in [6.07, 6.45) is 0.295. The molecule has 2 heterocycles. The minimum absolute atomic E-state index is 0.238. The van der Waals surface area contributed by atoms with E-state index in [-0.39, 0.29) is 5.25 Å². The van der Waals surface area contributed by atoms with Crippen molar-refractivity contribution in [2.24, 2.45) is 0 Å². The van der Waals surface area contributed by atoms with Gasteiger partial charge in [0, 0.05) is 54.6 Å². The van der Waals surface area contributed by atoms with Crippen molar-refractivity contribution in [2.75, 3.05) is 37.6 Å². The van der Waals surface area contributed by atoms with E-state index < -0.39 is 11.7 Å². The van der Waals surface area contributed by atoms with Crippen LogP contribution >= 0.6 is 25.3 Å². The molecule has 29 heavy (non-hydrogen) atoms. The van der Waals surface area contributed by atoms with Crippen LogP contribution in [-0.2, 0) is 12.6 Å². The highest BCUT2D eigenvalue weighted by Gasteiger charge is 2.31. The molecule has 0 saturated carbocycles. The Morgan fingerprint density at radius 3 is 2.52 bits per heavy atom. The summed E-state index contributed by atoms with van der Waals surface area (Å²) >= 11 is 9.12. The van der Waals surface area contributed by atoms with E-state index in [0.29, 0.717) is 5.69 Å². The predicted molar refractivity (Wildman–Crippen MR) is 117 cm³/mol. The Bertz CT molecular complexity index is 793. The number of anilines is 1. The van der Waals surface area contributed by atoms with Gasteiger partial charge in [-0.25, -0.2) is 0 Å². The molecule has 1 fully saturated rings. The number of pyridine rings is 1. The Balaban J connectivity index is 1.41. The fourth-order valence-corrected chi connectivity index (χ4v) is 4.16. The minimum Gasteiger partial charge on any atom is -0.369 e. The third-order valence-corrected chi connectivity index (χ3v) is 6.07. The average molecular weight is 442 g/mol. The van der Waals surface area contributed by atoms with Crippen LogP contribution in [0.1, 0.15) is 24.1 Å². The zero-order valence-corrected chi connectivity index (χ0v) is 17.9. The number of nitrogens with zero attached hydrogens (tertiary/aromatic N) is 3. The van der Waals surface area contributed by atoms with Crippen LogP contribution in [0.4, 0.5) is 18.9 Å². The van der Waals surface area contributed by atoms with Crippen molar-refractivity contribution in [1.29, 1.82) is 0 Å². The number of aromatic nitrogens is 1. The van der Waals surface area contributed by atoms with Gasteiger partial charge >= 0.3 is 6.18 Å². The lowest BCUT2D eigenvalue weighted by molar-refractivity contribution is -0.137. The van der Waals surface area contributed by atoms with E-state index in [9.17, 15) is 13.2 Å². The topological polar surface area (TPSA) is 19.4 Å². The number of thiol groups is 2. The van der Waals surface area contributed by atoms with Crippen molar-refractivity contribution in [3.05, 3.63) is 53.9 Å². The molecule has 1 aliphatic heterocycles.